The number of hydrogen-bond acceptors (Lipinski definition) is 5. The van der Waals surface area contributed by atoms with Gasteiger partial charge in [0.15, 0.2) is 0 Å². The van der Waals surface area contributed by atoms with Crippen LogP contribution in [0.4, 0.5) is 11.5 Å². The molecule has 2 atom stereocenters. The zero-order chi connectivity index (χ0) is 13.1. The van der Waals surface area contributed by atoms with Gasteiger partial charge in [-0.25, -0.2) is 4.98 Å². The molecule has 0 bridgehead atoms. The summed E-state index contributed by atoms with van der Waals surface area (Å²) >= 11 is 7.64. The molecule has 1 aromatic rings. The van der Waals surface area contributed by atoms with Crippen molar-refractivity contribution in [1.29, 1.82) is 0 Å². The molecule has 0 aliphatic heterocycles. The van der Waals surface area contributed by atoms with Crippen LogP contribution >= 0.6 is 23.4 Å². The van der Waals surface area contributed by atoms with Gasteiger partial charge in [-0.3, -0.25) is 10.1 Å². The van der Waals surface area contributed by atoms with E-state index in [2.05, 4.69) is 16.6 Å². The van der Waals surface area contributed by atoms with Crippen molar-refractivity contribution >= 4 is 34.9 Å². The van der Waals surface area contributed by atoms with Gasteiger partial charge < -0.3 is 5.32 Å². The van der Waals surface area contributed by atoms with Crippen LogP contribution < -0.4 is 5.32 Å². The third-order valence-corrected chi connectivity index (χ3v) is 4.35. The van der Waals surface area contributed by atoms with E-state index < -0.39 is 4.92 Å². The second kappa shape index (κ2) is 5.75. The third kappa shape index (κ3) is 3.26. The molecule has 7 heteroatoms. The third-order valence-electron chi connectivity index (χ3n) is 3.06. The van der Waals surface area contributed by atoms with E-state index >= 15 is 0 Å². The first-order valence-electron chi connectivity index (χ1n) is 5.70. The van der Waals surface area contributed by atoms with Crippen LogP contribution in [-0.4, -0.2) is 27.5 Å². The molecule has 2 unspecified atom stereocenters. The van der Waals surface area contributed by atoms with Crippen LogP contribution in [-0.2, 0) is 0 Å². The Morgan fingerprint density at radius 1 is 1.56 bits per heavy atom. The highest BCUT2D eigenvalue weighted by Gasteiger charge is 2.24. The second-order valence-electron chi connectivity index (χ2n) is 4.30. The number of anilines is 1. The Labute approximate surface area is 114 Å². The number of nitrogens with zero attached hydrogens (tertiary/aromatic N) is 2. The fourth-order valence-corrected chi connectivity index (χ4v) is 3.16. The molecule has 0 amide bonds. The Bertz CT molecular complexity index is 458. The molecular formula is C11H14ClN3O2S. The lowest BCUT2D eigenvalue weighted by molar-refractivity contribution is -0.384. The van der Waals surface area contributed by atoms with Gasteiger partial charge in [0, 0.05) is 11.3 Å². The normalized spacial score (nSPS) is 23.0. The lowest BCUT2D eigenvalue weighted by Gasteiger charge is -2.13. The Morgan fingerprint density at radius 2 is 2.33 bits per heavy atom. The minimum Gasteiger partial charge on any atom is -0.367 e. The van der Waals surface area contributed by atoms with E-state index in [4.69, 9.17) is 11.6 Å². The Balaban J connectivity index is 2.07. The average Bonchev–Trinajstić information content (AvgIpc) is 2.76. The summed E-state index contributed by atoms with van der Waals surface area (Å²) in [5.41, 5.74) is -0.0306. The summed E-state index contributed by atoms with van der Waals surface area (Å²) in [6, 6.07) is 3.01. The monoisotopic (exact) mass is 287 g/mol. The SMILES string of the molecule is CSC1CCC(Nc2cc([N+](=O)[O-])cc(Cl)n2)C1. The maximum Gasteiger partial charge on any atom is 0.276 e. The van der Waals surface area contributed by atoms with Gasteiger partial charge in [0.1, 0.15) is 11.0 Å². The van der Waals surface area contributed by atoms with Gasteiger partial charge in [-0.2, -0.15) is 11.8 Å². The molecular weight excluding hydrogens is 274 g/mol. The molecule has 0 saturated heterocycles. The molecule has 2 rings (SSSR count). The smallest absolute Gasteiger partial charge is 0.276 e. The molecule has 0 radical (unpaired) electrons. The molecule has 1 heterocycles. The van der Waals surface area contributed by atoms with E-state index in [9.17, 15) is 10.1 Å². The van der Waals surface area contributed by atoms with Gasteiger partial charge in [0.05, 0.1) is 17.1 Å². The van der Waals surface area contributed by atoms with Crippen LogP contribution in [0.2, 0.25) is 5.15 Å². The number of aromatic nitrogens is 1. The van der Waals surface area contributed by atoms with Gasteiger partial charge in [-0.05, 0) is 25.5 Å². The van der Waals surface area contributed by atoms with Crippen LogP contribution in [0.1, 0.15) is 19.3 Å². The summed E-state index contributed by atoms with van der Waals surface area (Å²) in [6.07, 6.45) is 5.40. The van der Waals surface area contributed by atoms with Crippen LogP contribution in [0.5, 0.6) is 0 Å². The molecule has 1 aromatic heterocycles. The second-order valence-corrected chi connectivity index (χ2v) is 5.83. The molecule has 5 nitrogen and oxygen atoms in total. The van der Waals surface area contributed by atoms with E-state index in [-0.39, 0.29) is 10.8 Å². The summed E-state index contributed by atoms with van der Waals surface area (Å²) in [4.78, 5) is 14.3. The van der Waals surface area contributed by atoms with Crippen molar-refractivity contribution in [2.75, 3.05) is 11.6 Å². The van der Waals surface area contributed by atoms with E-state index in [1.165, 1.54) is 18.6 Å². The highest BCUT2D eigenvalue weighted by Crippen LogP contribution is 2.30. The highest BCUT2D eigenvalue weighted by atomic mass is 35.5. The van der Waals surface area contributed by atoms with Gasteiger partial charge in [-0.15, -0.1) is 0 Å². The minimum absolute atomic E-state index is 0.0306. The molecule has 18 heavy (non-hydrogen) atoms. The van der Waals surface area contributed by atoms with Crippen molar-refractivity contribution in [2.45, 2.75) is 30.6 Å². The zero-order valence-electron chi connectivity index (χ0n) is 9.93. The summed E-state index contributed by atoms with van der Waals surface area (Å²) in [6.45, 7) is 0. The number of nitrogens with one attached hydrogen (secondary N) is 1. The molecule has 1 aliphatic rings. The summed E-state index contributed by atoms with van der Waals surface area (Å²) < 4.78 is 0. The lowest BCUT2D eigenvalue weighted by Crippen LogP contribution is -2.17. The van der Waals surface area contributed by atoms with E-state index in [0.29, 0.717) is 17.1 Å². The standard InChI is InChI=1S/C11H14ClN3O2S/c1-18-9-3-2-7(4-9)13-11-6-8(15(16)17)5-10(12)14-11/h5-7,9H,2-4H2,1H3,(H,13,14). The van der Waals surface area contributed by atoms with E-state index in [1.54, 1.807) is 0 Å². The fourth-order valence-electron chi connectivity index (χ4n) is 2.16. The minimum atomic E-state index is -0.460. The quantitative estimate of drug-likeness (QED) is 0.522. The maximum atomic E-state index is 10.7. The predicted molar refractivity (Wildman–Crippen MR) is 74.5 cm³/mol. The fraction of sp³-hybridized carbons (Fsp3) is 0.545. The Hall–Kier alpha value is -1.01. The van der Waals surface area contributed by atoms with Gasteiger partial charge in [0.2, 0.25) is 0 Å². The lowest BCUT2D eigenvalue weighted by atomic mass is 10.2. The number of halogens is 1. The maximum absolute atomic E-state index is 10.7. The topological polar surface area (TPSA) is 68.1 Å². The predicted octanol–water partition coefficient (Wildman–Crippen LogP) is 3.34. The zero-order valence-corrected chi connectivity index (χ0v) is 11.5. The number of nitro groups is 1. The summed E-state index contributed by atoms with van der Waals surface area (Å²) in [5, 5.41) is 14.8. The van der Waals surface area contributed by atoms with Crippen molar-refractivity contribution in [3.8, 4) is 0 Å². The van der Waals surface area contributed by atoms with Crippen molar-refractivity contribution in [3.05, 3.63) is 27.4 Å². The first kappa shape index (κ1) is 13.4. The molecule has 98 valence electrons. The summed E-state index contributed by atoms with van der Waals surface area (Å²) in [7, 11) is 0. The van der Waals surface area contributed by atoms with Crippen LogP contribution in [0, 0.1) is 10.1 Å². The molecule has 1 aliphatic carbocycles. The number of rotatable bonds is 4. The summed E-state index contributed by atoms with van der Waals surface area (Å²) in [5.74, 6) is 0.487. The van der Waals surface area contributed by atoms with Crippen LogP contribution in [0.25, 0.3) is 0 Å². The first-order chi connectivity index (χ1) is 8.58. The molecule has 1 saturated carbocycles. The van der Waals surface area contributed by atoms with Crippen LogP contribution in [0.15, 0.2) is 12.1 Å². The Kier molecular flexibility index (Phi) is 4.29. The van der Waals surface area contributed by atoms with Gasteiger partial charge in [0.25, 0.3) is 5.69 Å². The number of hydrogen-bond donors (Lipinski definition) is 1. The van der Waals surface area contributed by atoms with E-state index in [1.807, 2.05) is 11.8 Å². The molecule has 0 aromatic carbocycles. The number of thioether (sulfide) groups is 1. The van der Waals surface area contributed by atoms with Crippen molar-refractivity contribution in [1.82, 2.24) is 4.98 Å². The molecule has 1 N–H and O–H groups in total. The van der Waals surface area contributed by atoms with Crippen molar-refractivity contribution in [3.63, 3.8) is 0 Å². The largest absolute Gasteiger partial charge is 0.367 e. The Morgan fingerprint density at radius 3 is 2.94 bits per heavy atom. The van der Waals surface area contributed by atoms with Crippen molar-refractivity contribution < 1.29 is 4.92 Å². The number of pyridine rings is 1. The highest BCUT2D eigenvalue weighted by molar-refractivity contribution is 7.99. The molecule has 1 fully saturated rings. The molecule has 0 spiro atoms. The van der Waals surface area contributed by atoms with Crippen molar-refractivity contribution in [2.24, 2.45) is 0 Å². The van der Waals surface area contributed by atoms with Gasteiger partial charge >= 0.3 is 0 Å². The van der Waals surface area contributed by atoms with Gasteiger partial charge in [-0.1, -0.05) is 11.6 Å². The van der Waals surface area contributed by atoms with E-state index in [0.717, 1.165) is 12.8 Å². The average molecular weight is 288 g/mol. The first-order valence-corrected chi connectivity index (χ1v) is 7.36. The van der Waals surface area contributed by atoms with Crippen LogP contribution in [0.3, 0.4) is 0 Å².